The number of hydrogen-bond acceptors (Lipinski definition) is 5. The largest absolute Gasteiger partial charge is 0.375 e. The molecule has 2 atom stereocenters. The zero-order valence-electron chi connectivity index (χ0n) is 16.2. The molecule has 0 aromatic heterocycles. The molecule has 3 amide bonds. The van der Waals surface area contributed by atoms with E-state index in [1.165, 1.54) is 7.11 Å². The molecule has 26 heavy (non-hydrogen) atoms. The summed E-state index contributed by atoms with van der Waals surface area (Å²) in [4.78, 5) is 42.9. The van der Waals surface area contributed by atoms with Crippen LogP contribution in [0, 0.1) is 5.92 Å². The summed E-state index contributed by atoms with van der Waals surface area (Å²) >= 11 is 0. The van der Waals surface area contributed by atoms with Crippen LogP contribution in [-0.4, -0.2) is 99.0 Å². The van der Waals surface area contributed by atoms with Crippen molar-refractivity contribution in [1.29, 1.82) is 0 Å². The van der Waals surface area contributed by atoms with Crippen molar-refractivity contribution in [3.8, 4) is 0 Å². The average Bonchev–Trinajstić information content (AvgIpc) is 2.66. The quantitative estimate of drug-likeness (QED) is 0.726. The molecule has 0 radical (unpaired) electrons. The molecule has 2 aliphatic rings. The van der Waals surface area contributed by atoms with Crippen molar-refractivity contribution in [2.75, 3.05) is 60.5 Å². The number of rotatable bonds is 4. The van der Waals surface area contributed by atoms with Gasteiger partial charge in [-0.3, -0.25) is 14.4 Å². The van der Waals surface area contributed by atoms with Gasteiger partial charge in [-0.2, -0.15) is 0 Å². The Kier molecular flexibility index (Phi) is 7.84. The number of piperazine rings is 1. The Morgan fingerprint density at radius 3 is 2.50 bits per heavy atom. The van der Waals surface area contributed by atoms with Crippen molar-refractivity contribution in [2.45, 2.75) is 31.7 Å². The maximum Gasteiger partial charge on any atom is 0.246 e. The van der Waals surface area contributed by atoms with Crippen LogP contribution in [0.1, 0.15) is 25.7 Å². The lowest BCUT2D eigenvalue weighted by Crippen LogP contribution is -2.49. The molecule has 1 N–H and O–H groups in total. The summed E-state index contributed by atoms with van der Waals surface area (Å²) < 4.78 is 4.85. The van der Waals surface area contributed by atoms with Gasteiger partial charge in [0.1, 0.15) is 6.61 Å². The molecule has 0 aromatic rings. The molecular formula is C18H32N4O4. The number of likely N-dealkylation sites (N-methyl/N-ethyl adjacent to an activating group) is 2. The maximum atomic E-state index is 12.9. The molecule has 0 aromatic carbocycles. The molecule has 0 saturated carbocycles. The topological polar surface area (TPSA) is 82.2 Å². The van der Waals surface area contributed by atoms with Gasteiger partial charge >= 0.3 is 0 Å². The predicted molar refractivity (Wildman–Crippen MR) is 97.5 cm³/mol. The van der Waals surface area contributed by atoms with E-state index in [1.54, 1.807) is 11.9 Å². The highest BCUT2D eigenvalue weighted by molar-refractivity contribution is 5.86. The van der Waals surface area contributed by atoms with Crippen LogP contribution in [-0.2, 0) is 19.1 Å². The fraction of sp³-hybridized carbons (Fsp3) is 0.833. The van der Waals surface area contributed by atoms with Gasteiger partial charge in [-0.1, -0.05) is 6.42 Å². The molecule has 2 aliphatic heterocycles. The lowest BCUT2D eigenvalue weighted by molar-refractivity contribution is -0.142. The third kappa shape index (κ3) is 5.95. The average molecular weight is 368 g/mol. The Morgan fingerprint density at radius 2 is 1.85 bits per heavy atom. The van der Waals surface area contributed by atoms with Crippen LogP contribution in [0.5, 0.6) is 0 Å². The van der Waals surface area contributed by atoms with Gasteiger partial charge in [0, 0.05) is 65.3 Å². The number of ether oxygens (including phenoxy) is 1. The van der Waals surface area contributed by atoms with Crippen LogP contribution in [0.15, 0.2) is 0 Å². The molecule has 0 spiro atoms. The number of carbonyl (C=O) groups is 3. The summed E-state index contributed by atoms with van der Waals surface area (Å²) in [6.07, 6.45) is 2.49. The predicted octanol–water partition coefficient (Wildman–Crippen LogP) is -0.460. The Bertz CT molecular complexity index is 505. The van der Waals surface area contributed by atoms with Crippen molar-refractivity contribution >= 4 is 17.7 Å². The van der Waals surface area contributed by atoms with Crippen molar-refractivity contribution in [3.05, 3.63) is 0 Å². The molecule has 0 bridgehead atoms. The van der Waals surface area contributed by atoms with Crippen LogP contribution in [0.2, 0.25) is 0 Å². The van der Waals surface area contributed by atoms with Crippen LogP contribution >= 0.6 is 0 Å². The first-order valence-electron chi connectivity index (χ1n) is 9.40. The van der Waals surface area contributed by atoms with Crippen LogP contribution < -0.4 is 5.32 Å². The highest BCUT2D eigenvalue weighted by atomic mass is 16.5. The van der Waals surface area contributed by atoms with Crippen molar-refractivity contribution in [2.24, 2.45) is 5.92 Å². The van der Waals surface area contributed by atoms with Gasteiger partial charge in [0.05, 0.1) is 0 Å². The van der Waals surface area contributed by atoms with Crippen molar-refractivity contribution in [1.82, 2.24) is 20.0 Å². The summed E-state index contributed by atoms with van der Waals surface area (Å²) in [5.41, 5.74) is 0. The van der Waals surface area contributed by atoms with E-state index in [4.69, 9.17) is 4.74 Å². The first kappa shape index (κ1) is 20.6. The summed E-state index contributed by atoms with van der Waals surface area (Å²) in [6, 6.07) is -0.107. The highest BCUT2D eigenvalue weighted by Gasteiger charge is 2.31. The number of methoxy groups -OCH3 is 1. The molecule has 148 valence electrons. The lowest BCUT2D eigenvalue weighted by atomic mass is 9.95. The zero-order valence-corrected chi connectivity index (χ0v) is 16.2. The number of nitrogens with one attached hydrogen (secondary N) is 1. The van der Waals surface area contributed by atoms with E-state index < -0.39 is 0 Å². The number of nitrogens with zero attached hydrogens (tertiary/aromatic N) is 3. The molecule has 0 unspecified atom stereocenters. The maximum absolute atomic E-state index is 12.9. The summed E-state index contributed by atoms with van der Waals surface area (Å²) in [6.45, 7) is 3.68. The standard InChI is InChI=1S/C18H32N4O4/c1-20-7-9-22(10-8-20)18(25)14-5-4-6-15(19-16(23)13-26-3)12-21(2)17(24)11-14/h14-15H,4-13H2,1-3H3,(H,19,23)/t14-,15-/m1/s1. The minimum atomic E-state index is -0.262. The van der Waals surface area contributed by atoms with E-state index in [-0.39, 0.29) is 42.7 Å². The van der Waals surface area contributed by atoms with Gasteiger partial charge in [-0.15, -0.1) is 0 Å². The van der Waals surface area contributed by atoms with E-state index in [2.05, 4.69) is 17.3 Å². The smallest absolute Gasteiger partial charge is 0.246 e. The van der Waals surface area contributed by atoms with Gasteiger partial charge in [0.25, 0.3) is 0 Å². The normalized spacial score (nSPS) is 26.0. The number of carbonyl (C=O) groups excluding carboxylic acids is 3. The fourth-order valence-electron chi connectivity index (χ4n) is 3.62. The Balaban J connectivity index is 1.96. The monoisotopic (exact) mass is 368 g/mol. The van der Waals surface area contributed by atoms with Gasteiger partial charge in [0.2, 0.25) is 17.7 Å². The molecule has 2 heterocycles. The van der Waals surface area contributed by atoms with E-state index in [1.807, 2.05) is 4.90 Å². The van der Waals surface area contributed by atoms with Crippen molar-refractivity contribution < 1.29 is 19.1 Å². The third-order valence-electron chi connectivity index (χ3n) is 5.25. The first-order valence-corrected chi connectivity index (χ1v) is 9.40. The van der Waals surface area contributed by atoms with Gasteiger partial charge in [-0.25, -0.2) is 0 Å². The minimum Gasteiger partial charge on any atom is -0.375 e. The van der Waals surface area contributed by atoms with Crippen LogP contribution in [0.3, 0.4) is 0 Å². The number of amides is 3. The molecule has 8 nitrogen and oxygen atoms in total. The second kappa shape index (κ2) is 9.87. The molecule has 8 heteroatoms. The molecule has 2 saturated heterocycles. The van der Waals surface area contributed by atoms with E-state index in [9.17, 15) is 14.4 Å². The second-order valence-electron chi connectivity index (χ2n) is 7.43. The molecule has 2 fully saturated rings. The van der Waals surface area contributed by atoms with E-state index >= 15 is 0 Å². The SMILES string of the molecule is COCC(=O)N[C@@H]1CCC[C@@H](C(=O)N2CCN(C)CC2)CC(=O)N(C)C1. The zero-order chi connectivity index (χ0) is 19.1. The number of hydrogen-bond donors (Lipinski definition) is 1. The molecular weight excluding hydrogens is 336 g/mol. The summed E-state index contributed by atoms with van der Waals surface area (Å²) in [5, 5.41) is 2.92. The Morgan fingerprint density at radius 1 is 1.15 bits per heavy atom. The Labute approximate surface area is 155 Å². The summed E-state index contributed by atoms with van der Waals surface area (Å²) in [7, 11) is 5.27. The van der Waals surface area contributed by atoms with Gasteiger partial charge in [0.15, 0.2) is 0 Å². The molecule has 0 aliphatic carbocycles. The fourth-order valence-corrected chi connectivity index (χ4v) is 3.62. The van der Waals surface area contributed by atoms with Crippen LogP contribution in [0.4, 0.5) is 0 Å². The second-order valence-corrected chi connectivity index (χ2v) is 7.43. The minimum absolute atomic E-state index is 0.0126. The van der Waals surface area contributed by atoms with E-state index in [0.29, 0.717) is 13.0 Å². The molecule has 2 rings (SSSR count). The van der Waals surface area contributed by atoms with Crippen molar-refractivity contribution in [3.63, 3.8) is 0 Å². The van der Waals surface area contributed by atoms with Gasteiger partial charge in [-0.05, 0) is 19.9 Å². The lowest BCUT2D eigenvalue weighted by Gasteiger charge is -2.34. The van der Waals surface area contributed by atoms with Gasteiger partial charge < -0.3 is 24.8 Å². The Hall–Kier alpha value is -1.67. The highest BCUT2D eigenvalue weighted by Crippen LogP contribution is 2.21. The summed E-state index contributed by atoms with van der Waals surface area (Å²) in [5.74, 6) is -0.378. The van der Waals surface area contributed by atoms with E-state index in [0.717, 1.165) is 39.0 Å². The third-order valence-corrected chi connectivity index (χ3v) is 5.25. The first-order chi connectivity index (χ1) is 12.4. The van der Waals surface area contributed by atoms with Crippen LogP contribution in [0.25, 0.3) is 0 Å².